The molecule has 1 rings (SSSR count). The number of amides is 2. The summed E-state index contributed by atoms with van der Waals surface area (Å²) in [6.45, 7) is 8.35. The molecule has 0 spiro atoms. The zero-order valence-corrected chi connectivity index (χ0v) is 12.8. The van der Waals surface area contributed by atoms with Crippen LogP contribution in [-0.2, 0) is 9.59 Å². The Labute approximate surface area is 121 Å². The van der Waals surface area contributed by atoms with Gasteiger partial charge in [0, 0.05) is 19.2 Å². The fraction of sp³-hybridized carbons (Fsp3) is 0.500. The fourth-order valence-electron chi connectivity index (χ4n) is 1.93. The molecule has 0 atom stereocenters. The number of rotatable bonds is 6. The Morgan fingerprint density at radius 2 is 1.90 bits per heavy atom. The minimum atomic E-state index is -0.127. The topological polar surface area (TPSA) is 49.4 Å². The van der Waals surface area contributed by atoms with Crippen LogP contribution in [0.2, 0.25) is 0 Å². The minimum absolute atomic E-state index is 0.0677. The van der Waals surface area contributed by atoms with Gasteiger partial charge < -0.3 is 10.2 Å². The Balaban J connectivity index is 2.67. The van der Waals surface area contributed by atoms with Crippen LogP contribution in [0, 0.1) is 12.8 Å². The van der Waals surface area contributed by atoms with Gasteiger partial charge in [-0.15, -0.1) is 0 Å². The van der Waals surface area contributed by atoms with E-state index in [4.69, 9.17) is 0 Å². The Kier molecular flexibility index (Phi) is 6.22. The predicted molar refractivity (Wildman–Crippen MR) is 81.7 cm³/mol. The van der Waals surface area contributed by atoms with Crippen LogP contribution in [0.5, 0.6) is 0 Å². The van der Waals surface area contributed by atoms with Crippen LogP contribution < -0.4 is 10.2 Å². The second kappa shape index (κ2) is 7.68. The third-order valence-corrected chi connectivity index (χ3v) is 3.13. The normalized spacial score (nSPS) is 10.4. The van der Waals surface area contributed by atoms with Crippen molar-refractivity contribution in [2.75, 3.05) is 18.0 Å². The number of carbonyl (C=O) groups excluding carboxylic acids is 2. The molecular weight excluding hydrogens is 252 g/mol. The van der Waals surface area contributed by atoms with Crippen molar-refractivity contribution in [3.63, 3.8) is 0 Å². The number of benzene rings is 1. The Morgan fingerprint density at radius 3 is 2.45 bits per heavy atom. The molecule has 0 aliphatic heterocycles. The van der Waals surface area contributed by atoms with Crippen molar-refractivity contribution in [3.8, 4) is 0 Å². The van der Waals surface area contributed by atoms with Gasteiger partial charge in [-0.25, -0.2) is 0 Å². The van der Waals surface area contributed by atoms with Crippen LogP contribution >= 0.6 is 0 Å². The molecule has 2 amide bonds. The Bertz CT molecular complexity index is 469. The van der Waals surface area contributed by atoms with E-state index in [1.807, 2.05) is 31.2 Å². The van der Waals surface area contributed by atoms with Gasteiger partial charge in [-0.2, -0.15) is 0 Å². The molecule has 4 heteroatoms. The molecule has 0 fully saturated rings. The maximum atomic E-state index is 11.9. The lowest BCUT2D eigenvalue weighted by Gasteiger charge is -2.22. The smallest absolute Gasteiger partial charge is 0.240 e. The van der Waals surface area contributed by atoms with Gasteiger partial charge in [0.2, 0.25) is 11.8 Å². The average molecular weight is 276 g/mol. The molecule has 1 aromatic carbocycles. The highest BCUT2D eigenvalue weighted by Gasteiger charge is 2.16. The number of aryl methyl sites for hydroxylation is 1. The van der Waals surface area contributed by atoms with E-state index in [-0.39, 0.29) is 18.4 Å². The first-order valence-corrected chi connectivity index (χ1v) is 7.02. The van der Waals surface area contributed by atoms with Gasteiger partial charge in [0.1, 0.15) is 6.54 Å². The van der Waals surface area contributed by atoms with Crippen molar-refractivity contribution in [2.24, 2.45) is 5.92 Å². The lowest BCUT2D eigenvalue weighted by atomic mass is 10.1. The highest BCUT2D eigenvalue weighted by Crippen LogP contribution is 2.19. The fourth-order valence-corrected chi connectivity index (χ4v) is 1.93. The number of para-hydroxylation sites is 1. The van der Waals surface area contributed by atoms with Gasteiger partial charge in [0.15, 0.2) is 0 Å². The van der Waals surface area contributed by atoms with Gasteiger partial charge >= 0.3 is 0 Å². The van der Waals surface area contributed by atoms with E-state index in [9.17, 15) is 9.59 Å². The van der Waals surface area contributed by atoms with E-state index in [1.54, 1.807) is 0 Å². The van der Waals surface area contributed by atoms with Crippen molar-refractivity contribution >= 4 is 17.5 Å². The Morgan fingerprint density at radius 1 is 1.25 bits per heavy atom. The van der Waals surface area contributed by atoms with E-state index in [2.05, 4.69) is 19.2 Å². The first-order valence-electron chi connectivity index (χ1n) is 7.02. The molecule has 4 nitrogen and oxygen atoms in total. The summed E-state index contributed by atoms with van der Waals surface area (Å²) in [5.74, 6) is 0.304. The third kappa shape index (κ3) is 5.03. The molecule has 0 heterocycles. The highest BCUT2D eigenvalue weighted by atomic mass is 16.2. The maximum absolute atomic E-state index is 11.9. The molecule has 1 N–H and O–H groups in total. The van der Waals surface area contributed by atoms with E-state index in [0.29, 0.717) is 12.5 Å². The lowest BCUT2D eigenvalue weighted by Crippen LogP contribution is -2.40. The number of hydrogen-bond acceptors (Lipinski definition) is 2. The number of nitrogens with zero attached hydrogens (tertiary/aromatic N) is 1. The summed E-state index contributed by atoms with van der Waals surface area (Å²) in [6.07, 6.45) is 0.941. The summed E-state index contributed by atoms with van der Waals surface area (Å²) >= 11 is 0. The molecule has 0 bridgehead atoms. The van der Waals surface area contributed by atoms with Crippen molar-refractivity contribution in [1.82, 2.24) is 5.32 Å². The molecule has 110 valence electrons. The van der Waals surface area contributed by atoms with Crippen molar-refractivity contribution in [2.45, 2.75) is 34.1 Å². The summed E-state index contributed by atoms with van der Waals surface area (Å²) in [6, 6.07) is 7.58. The number of hydrogen-bond donors (Lipinski definition) is 1. The van der Waals surface area contributed by atoms with Crippen molar-refractivity contribution < 1.29 is 9.59 Å². The molecule has 0 aliphatic rings. The predicted octanol–water partition coefficient (Wildman–Crippen LogP) is 2.51. The van der Waals surface area contributed by atoms with E-state index < -0.39 is 0 Å². The quantitative estimate of drug-likeness (QED) is 0.868. The van der Waals surface area contributed by atoms with Crippen LogP contribution in [0.4, 0.5) is 5.69 Å². The summed E-state index contributed by atoms with van der Waals surface area (Å²) < 4.78 is 0. The zero-order chi connectivity index (χ0) is 15.1. The molecule has 1 aromatic rings. The maximum Gasteiger partial charge on any atom is 0.240 e. The largest absolute Gasteiger partial charge is 0.355 e. The van der Waals surface area contributed by atoms with Crippen LogP contribution in [0.3, 0.4) is 0 Å². The monoisotopic (exact) mass is 276 g/mol. The SMILES string of the molecule is CC(=O)N(CC(=O)NCCC(C)C)c1ccccc1C. The van der Waals surface area contributed by atoms with E-state index in [0.717, 1.165) is 17.7 Å². The summed E-state index contributed by atoms with van der Waals surface area (Å²) in [5, 5.41) is 2.86. The molecule has 20 heavy (non-hydrogen) atoms. The van der Waals surface area contributed by atoms with Crippen LogP contribution in [0.25, 0.3) is 0 Å². The molecular formula is C16H24N2O2. The molecule has 0 saturated carbocycles. The lowest BCUT2D eigenvalue weighted by molar-refractivity contribution is -0.123. The molecule has 0 aromatic heterocycles. The summed E-state index contributed by atoms with van der Waals surface area (Å²) in [7, 11) is 0. The minimum Gasteiger partial charge on any atom is -0.355 e. The third-order valence-electron chi connectivity index (χ3n) is 3.13. The van der Waals surface area contributed by atoms with Gasteiger partial charge in [0.05, 0.1) is 0 Å². The van der Waals surface area contributed by atoms with Gasteiger partial charge in [-0.1, -0.05) is 32.0 Å². The first-order chi connectivity index (χ1) is 9.41. The van der Waals surface area contributed by atoms with Crippen LogP contribution in [0.15, 0.2) is 24.3 Å². The second-order valence-corrected chi connectivity index (χ2v) is 5.42. The second-order valence-electron chi connectivity index (χ2n) is 5.42. The average Bonchev–Trinajstić information content (AvgIpc) is 2.36. The van der Waals surface area contributed by atoms with E-state index >= 15 is 0 Å². The van der Waals surface area contributed by atoms with Crippen molar-refractivity contribution in [3.05, 3.63) is 29.8 Å². The highest BCUT2D eigenvalue weighted by molar-refractivity contribution is 5.98. The summed E-state index contributed by atoms with van der Waals surface area (Å²) in [5.41, 5.74) is 1.77. The number of nitrogens with one attached hydrogen (secondary N) is 1. The molecule has 0 aliphatic carbocycles. The molecule has 0 unspecified atom stereocenters. The van der Waals surface area contributed by atoms with Crippen LogP contribution in [-0.4, -0.2) is 24.9 Å². The zero-order valence-electron chi connectivity index (χ0n) is 12.8. The van der Waals surface area contributed by atoms with E-state index in [1.165, 1.54) is 11.8 Å². The Hall–Kier alpha value is -1.84. The number of anilines is 1. The first kappa shape index (κ1) is 16.2. The molecule has 0 radical (unpaired) electrons. The van der Waals surface area contributed by atoms with Crippen LogP contribution in [0.1, 0.15) is 32.8 Å². The molecule has 0 saturated heterocycles. The van der Waals surface area contributed by atoms with Gasteiger partial charge in [-0.05, 0) is 30.9 Å². The van der Waals surface area contributed by atoms with Crippen molar-refractivity contribution in [1.29, 1.82) is 0 Å². The van der Waals surface area contributed by atoms with Gasteiger partial charge in [-0.3, -0.25) is 9.59 Å². The summed E-state index contributed by atoms with van der Waals surface area (Å²) in [4.78, 5) is 25.2. The standard InChI is InChI=1S/C16H24N2O2/c1-12(2)9-10-17-16(20)11-18(14(4)19)15-8-6-5-7-13(15)3/h5-8,12H,9-11H2,1-4H3,(H,17,20). The van der Waals surface area contributed by atoms with Gasteiger partial charge in [0.25, 0.3) is 0 Å². The number of carbonyl (C=O) groups is 2.